The maximum absolute atomic E-state index is 3.45. The standard InChI is InChI=1S/C8H12.C3H5.Rh/c1-2-4-6-8-7-5-3-1;1-3-2;/h1-2,7-8H,3-6H2;3H,1-2H2;/b2-1-,8-7-;;. The monoisotopic (exact) mass is 252 g/mol. The molecule has 0 heterocycles. The van der Waals surface area contributed by atoms with Crippen LogP contribution in [0.15, 0.2) is 37.0 Å². The Hall–Kier alpha value is -0.157. The molecule has 70 valence electrons. The van der Waals surface area contributed by atoms with Gasteiger partial charge in [0.05, 0.1) is 0 Å². The number of allylic oxidation sites excluding steroid dienone is 5. The molecule has 0 amide bonds. The van der Waals surface area contributed by atoms with Crippen molar-refractivity contribution in [2.24, 2.45) is 0 Å². The summed E-state index contributed by atoms with van der Waals surface area (Å²) in [5.41, 5.74) is 0. The van der Waals surface area contributed by atoms with E-state index in [2.05, 4.69) is 49.2 Å². The molecule has 1 aliphatic rings. The van der Waals surface area contributed by atoms with Crippen LogP contribution in [0.4, 0.5) is 0 Å². The van der Waals surface area contributed by atoms with Crippen LogP contribution < -0.4 is 0 Å². The normalized spacial score (nSPS) is 20.8. The molecular weight excluding hydrogens is 235 g/mol. The molecule has 0 bridgehead atoms. The molecule has 0 fully saturated rings. The molecule has 0 radical (unpaired) electrons. The third-order valence-corrected chi connectivity index (χ3v) is 1.90. The van der Waals surface area contributed by atoms with Gasteiger partial charge >= 0.3 is 36.0 Å². The summed E-state index contributed by atoms with van der Waals surface area (Å²) in [6.07, 6.45) is 15.8. The fourth-order valence-electron chi connectivity index (χ4n) is 0.856. The Balaban J connectivity index is 0.000000261. The molecule has 1 heteroatoms. The molecule has 0 saturated heterocycles. The topological polar surface area (TPSA) is 0 Å². The first-order valence-corrected chi connectivity index (χ1v) is 5.51. The summed E-state index contributed by atoms with van der Waals surface area (Å²) >= 11 is 2.69. The van der Waals surface area contributed by atoms with Gasteiger partial charge in [0.15, 0.2) is 0 Å². The first-order chi connectivity index (χ1) is 5.91. The van der Waals surface area contributed by atoms with Gasteiger partial charge in [-0.15, -0.1) is 0 Å². The second-order valence-corrected chi connectivity index (χ2v) is 3.19. The van der Waals surface area contributed by atoms with Gasteiger partial charge in [-0.05, 0) is 25.7 Å². The van der Waals surface area contributed by atoms with Crippen molar-refractivity contribution in [1.29, 1.82) is 0 Å². The Bertz CT molecular complexity index is 119. The minimum absolute atomic E-state index is 0.973. The zero-order chi connectivity index (χ0) is 9.07. The summed E-state index contributed by atoms with van der Waals surface area (Å²) in [5, 5.41) is 0.973. The molecule has 0 unspecified atom stereocenters. The summed E-state index contributed by atoms with van der Waals surface area (Å²) in [5.74, 6) is 0. The summed E-state index contributed by atoms with van der Waals surface area (Å²) in [6, 6.07) is 0. The third kappa shape index (κ3) is 9.84. The molecule has 0 aromatic carbocycles. The Kier molecular flexibility index (Phi) is 10.7. The van der Waals surface area contributed by atoms with E-state index < -0.39 is 0 Å². The summed E-state index contributed by atoms with van der Waals surface area (Å²) in [4.78, 5) is 0. The van der Waals surface area contributed by atoms with Crippen molar-refractivity contribution in [1.82, 2.24) is 0 Å². The van der Waals surface area contributed by atoms with Gasteiger partial charge in [0, 0.05) is 0 Å². The minimum atomic E-state index is 0.973. The second-order valence-electron chi connectivity index (χ2n) is 2.52. The van der Waals surface area contributed by atoms with Crippen molar-refractivity contribution in [3.63, 3.8) is 0 Å². The van der Waals surface area contributed by atoms with E-state index in [0.717, 1.165) is 5.02 Å². The Morgan fingerprint density at radius 3 is 1.42 bits per heavy atom. The number of hydrogen-bond donors (Lipinski definition) is 0. The van der Waals surface area contributed by atoms with Crippen molar-refractivity contribution < 1.29 is 18.3 Å². The molecule has 0 saturated carbocycles. The van der Waals surface area contributed by atoms with Crippen LogP contribution in [0.3, 0.4) is 0 Å². The van der Waals surface area contributed by atoms with Crippen LogP contribution in [-0.4, -0.2) is 0 Å². The third-order valence-electron chi connectivity index (χ3n) is 1.43. The predicted molar refractivity (Wildman–Crippen MR) is 51.8 cm³/mol. The molecule has 0 aromatic heterocycles. The Morgan fingerprint density at radius 1 is 1.00 bits per heavy atom. The van der Waals surface area contributed by atoms with E-state index in [0.29, 0.717) is 0 Å². The SMILES string of the molecule is C1=C\CC/C=C\CC/1.C=C[CH2][Rh]. The zero-order valence-corrected chi connectivity index (χ0v) is 9.10. The molecule has 1 rings (SSSR count). The molecule has 0 N–H and O–H groups in total. The van der Waals surface area contributed by atoms with E-state index in [1.54, 1.807) is 0 Å². The fourth-order valence-corrected chi connectivity index (χ4v) is 0.856. The summed E-state index contributed by atoms with van der Waals surface area (Å²) < 4.78 is 0. The first-order valence-electron chi connectivity index (χ1n) is 4.35. The van der Waals surface area contributed by atoms with E-state index in [-0.39, 0.29) is 0 Å². The van der Waals surface area contributed by atoms with Gasteiger partial charge in [0.2, 0.25) is 0 Å². The van der Waals surface area contributed by atoms with Gasteiger partial charge in [0.25, 0.3) is 0 Å². The van der Waals surface area contributed by atoms with Crippen LogP contribution in [0.25, 0.3) is 0 Å². The van der Waals surface area contributed by atoms with Gasteiger partial charge in [-0.3, -0.25) is 0 Å². The number of hydrogen-bond acceptors (Lipinski definition) is 0. The Morgan fingerprint density at radius 2 is 1.25 bits per heavy atom. The molecule has 12 heavy (non-hydrogen) atoms. The average molecular weight is 252 g/mol. The average Bonchev–Trinajstić information content (AvgIpc) is 2.04. The second kappa shape index (κ2) is 10.8. The van der Waals surface area contributed by atoms with E-state index in [9.17, 15) is 0 Å². The van der Waals surface area contributed by atoms with Crippen molar-refractivity contribution in [2.75, 3.05) is 0 Å². The van der Waals surface area contributed by atoms with Crippen LogP contribution in [0.2, 0.25) is 5.02 Å². The fraction of sp³-hybridized carbons (Fsp3) is 0.455. The molecule has 0 nitrogen and oxygen atoms in total. The van der Waals surface area contributed by atoms with Crippen LogP contribution in [-0.2, 0) is 18.3 Å². The van der Waals surface area contributed by atoms with Gasteiger partial charge in [-0.25, -0.2) is 0 Å². The van der Waals surface area contributed by atoms with Gasteiger partial charge < -0.3 is 0 Å². The van der Waals surface area contributed by atoms with Crippen molar-refractivity contribution in [2.45, 2.75) is 30.7 Å². The molecule has 0 aliphatic heterocycles. The van der Waals surface area contributed by atoms with E-state index in [1.165, 1.54) is 25.7 Å². The quantitative estimate of drug-likeness (QED) is 0.491. The van der Waals surface area contributed by atoms with Gasteiger partial charge in [0.1, 0.15) is 0 Å². The van der Waals surface area contributed by atoms with Crippen LogP contribution in [0.1, 0.15) is 25.7 Å². The summed E-state index contributed by atoms with van der Waals surface area (Å²) in [7, 11) is 0. The van der Waals surface area contributed by atoms with E-state index in [4.69, 9.17) is 0 Å². The van der Waals surface area contributed by atoms with Crippen LogP contribution in [0.5, 0.6) is 0 Å². The summed E-state index contributed by atoms with van der Waals surface area (Å²) in [6.45, 7) is 3.45. The molecular formula is C11H17Rh. The zero-order valence-electron chi connectivity index (χ0n) is 7.46. The number of rotatable bonds is 1. The predicted octanol–water partition coefficient (Wildman–Crippen LogP) is 3.81. The van der Waals surface area contributed by atoms with Crippen LogP contribution in [0, 0.1) is 0 Å². The van der Waals surface area contributed by atoms with E-state index in [1.807, 2.05) is 6.08 Å². The molecule has 0 spiro atoms. The first kappa shape index (κ1) is 11.8. The van der Waals surface area contributed by atoms with E-state index >= 15 is 0 Å². The molecule has 0 aromatic rings. The maximum atomic E-state index is 3.45. The molecule has 0 atom stereocenters. The molecule has 1 aliphatic carbocycles. The Labute approximate surface area is 86.1 Å². The van der Waals surface area contributed by atoms with Crippen molar-refractivity contribution in [3.8, 4) is 0 Å². The van der Waals surface area contributed by atoms with Gasteiger partial charge in [-0.2, -0.15) is 0 Å². The van der Waals surface area contributed by atoms with Crippen LogP contribution >= 0.6 is 0 Å². The van der Waals surface area contributed by atoms with Gasteiger partial charge in [-0.1, -0.05) is 24.3 Å². The van der Waals surface area contributed by atoms with Crippen molar-refractivity contribution in [3.05, 3.63) is 37.0 Å². The van der Waals surface area contributed by atoms with Crippen molar-refractivity contribution >= 4 is 0 Å².